The normalized spacial score (nSPS) is 16.6. The number of hydrogen-bond acceptors (Lipinski definition) is 6. The summed E-state index contributed by atoms with van der Waals surface area (Å²) in [4.78, 5) is 38.3. The molecule has 2 aliphatic rings. The average molecular weight is 412 g/mol. The van der Waals surface area contributed by atoms with Crippen molar-refractivity contribution in [2.45, 2.75) is 32.7 Å². The lowest BCUT2D eigenvalue weighted by Crippen LogP contribution is -2.49. The van der Waals surface area contributed by atoms with Crippen molar-refractivity contribution in [3.8, 4) is 0 Å². The van der Waals surface area contributed by atoms with Crippen LogP contribution in [-0.2, 0) is 9.53 Å². The Bertz CT molecular complexity index is 838. The molecule has 1 aliphatic carbocycles. The summed E-state index contributed by atoms with van der Waals surface area (Å²) in [5, 5.41) is 11.4. The lowest BCUT2D eigenvalue weighted by Gasteiger charge is -2.36. The van der Waals surface area contributed by atoms with Crippen LogP contribution in [0.15, 0.2) is 6.07 Å². The monoisotopic (exact) mass is 412 g/mol. The number of hydrogen-bond donors (Lipinski definition) is 0. The third-order valence-electron chi connectivity index (χ3n) is 4.96. The van der Waals surface area contributed by atoms with E-state index >= 15 is 4.39 Å². The van der Waals surface area contributed by atoms with Gasteiger partial charge in [0.25, 0.3) is 5.69 Å². The molecule has 158 valence electrons. The molecule has 11 heteroatoms. The highest BCUT2D eigenvalue weighted by molar-refractivity contribution is 5.96. The van der Waals surface area contributed by atoms with Gasteiger partial charge in [0, 0.05) is 39.1 Å². The molecule has 0 spiro atoms. The molecule has 29 heavy (non-hydrogen) atoms. The molecule has 1 saturated carbocycles. The number of rotatable bonds is 5. The van der Waals surface area contributed by atoms with Crippen LogP contribution in [0.1, 0.15) is 26.7 Å². The number of anilines is 2. The molecule has 3 rings (SSSR count). The molecule has 1 heterocycles. The van der Waals surface area contributed by atoms with E-state index in [0.717, 1.165) is 4.90 Å². The van der Waals surface area contributed by atoms with Crippen LogP contribution in [0.3, 0.4) is 0 Å². The minimum Gasteiger partial charge on any atom is -0.450 e. The van der Waals surface area contributed by atoms with Gasteiger partial charge < -0.3 is 19.4 Å². The van der Waals surface area contributed by atoms with Gasteiger partial charge in [-0.15, -0.1) is 0 Å². The molecule has 0 unspecified atom stereocenters. The highest BCUT2D eigenvalue weighted by Crippen LogP contribution is 2.43. The second-order valence-corrected chi connectivity index (χ2v) is 6.94. The van der Waals surface area contributed by atoms with E-state index < -0.39 is 45.6 Å². The molecule has 1 aromatic carbocycles. The first-order valence-electron chi connectivity index (χ1n) is 9.39. The van der Waals surface area contributed by atoms with Gasteiger partial charge in [-0.3, -0.25) is 14.9 Å². The Labute approximate surface area is 165 Å². The highest BCUT2D eigenvalue weighted by atomic mass is 19.1. The fourth-order valence-corrected chi connectivity index (χ4v) is 3.50. The van der Waals surface area contributed by atoms with Crippen LogP contribution in [0.4, 0.5) is 30.6 Å². The Hall–Kier alpha value is -2.98. The summed E-state index contributed by atoms with van der Waals surface area (Å²) in [6.45, 7) is 3.70. The molecule has 0 atom stereocenters. The van der Waals surface area contributed by atoms with Crippen LogP contribution in [0.5, 0.6) is 0 Å². The van der Waals surface area contributed by atoms with Crippen molar-refractivity contribution in [2.75, 3.05) is 42.6 Å². The van der Waals surface area contributed by atoms with Gasteiger partial charge in [-0.25, -0.2) is 13.6 Å². The van der Waals surface area contributed by atoms with Crippen LogP contribution in [-0.4, -0.2) is 60.7 Å². The second kappa shape index (κ2) is 8.18. The number of nitro benzene ring substituents is 1. The highest BCUT2D eigenvalue weighted by Gasteiger charge is 2.40. The van der Waals surface area contributed by atoms with Gasteiger partial charge in [-0.1, -0.05) is 0 Å². The van der Waals surface area contributed by atoms with Crippen LogP contribution >= 0.6 is 0 Å². The quantitative estimate of drug-likeness (QED) is 0.545. The molecule has 2 amide bonds. The topological polar surface area (TPSA) is 96.2 Å². The van der Waals surface area contributed by atoms with Gasteiger partial charge in [0.2, 0.25) is 5.91 Å². The Balaban J connectivity index is 1.96. The molecule has 1 aromatic rings. The zero-order valence-electron chi connectivity index (χ0n) is 16.2. The van der Waals surface area contributed by atoms with Gasteiger partial charge >= 0.3 is 6.09 Å². The summed E-state index contributed by atoms with van der Waals surface area (Å²) in [6, 6.07) is 0.323. The third-order valence-corrected chi connectivity index (χ3v) is 4.96. The van der Waals surface area contributed by atoms with Gasteiger partial charge in [0.1, 0.15) is 5.69 Å². The maximum Gasteiger partial charge on any atom is 0.409 e. The molecule has 2 fully saturated rings. The van der Waals surface area contributed by atoms with Crippen LogP contribution in [0, 0.1) is 21.7 Å². The van der Waals surface area contributed by atoms with Gasteiger partial charge in [0.05, 0.1) is 17.6 Å². The number of benzene rings is 1. The minimum absolute atomic E-state index is 0.118. The minimum atomic E-state index is -1.14. The molecular weight excluding hydrogens is 390 g/mol. The molecule has 0 N–H and O–H groups in total. The lowest BCUT2D eigenvalue weighted by atomic mass is 10.1. The van der Waals surface area contributed by atoms with Gasteiger partial charge in [-0.05, 0) is 19.8 Å². The third kappa shape index (κ3) is 4.08. The zero-order valence-corrected chi connectivity index (χ0v) is 16.2. The summed E-state index contributed by atoms with van der Waals surface area (Å²) in [7, 11) is 0. The number of nitro groups is 1. The Morgan fingerprint density at radius 3 is 2.38 bits per heavy atom. The standard InChI is InChI=1S/C18H22F2N4O5/c1-3-29-18(26)22-8-6-21(7-9-22)16-13(19)10-14(24(27)28)17(15(16)20)23(11(2)25)12-4-5-12/h10,12H,3-9H2,1-2H3. The molecule has 0 aromatic heterocycles. The van der Waals surface area contributed by atoms with Gasteiger partial charge in [0.15, 0.2) is 17.3 Å². The number of carbonyl (C=O) groups excluding carboxylic acids is 2. The SMILES string of the molecule is CCOC(=O)N1CCN(c2c(F)cc([N+](=O)[O-])c(N(C(C)=O)C3CC3)c2F)CC1. The van der Waals surface area contributed by atoms with E-state index in [-0.39, 0.29) is 38.8 Å². The molecule has 9 nitrogen and oxygen atoms in total. The maximum absolute atomic E-state index is 15.4. The molecule has 1 saturated heterocycles. The molecule has 0 radical (unpaired) electrons. The number of piperazine rings is 1. The van der Waals surface area contributed by atoms with E-state index in [2.05, 4.69) is 0 Å². The van der Waals surface area contributed by atoms with Gasteiger partial charge in [-0.2, -0.15) is 0 Å². The largest absolute Gasteiger partial charge is 0.450 e. The Morgan fingerprint density at radius 1 is 1.28 bits per heavy atom. The smallest absolute Gasteiger partial charge is 0.409 e. The van der Waals surface area contributed by atoms with Crippen LogP contribution in [0.2, 0.25) is 0 Å². The summed E-state index contributed by atoms with van der Waals surface area (Å²) < 4.78 is 35.1. The van der Waals surface area contributed by atoms with Crippen molar-refractivity contribution in [3.63, 3.8) is 0 Å². The molecule has 1 aliphatic heterocycles. The average Bonchev–Trinajstić information content (AvgIpc) is 3.49. The number of ether oxygens (including phenoxy) is 1. The van der Waals surface area contributed by atoms with E-state index in [1.807, 2.05) is 0 Å². The fourth-order valence-electron chi connectivity index (χ4n) is 3.50. The van der Waals surface area contributed by atoms with E-state index in [9.17, 15) is 24.1 Å². The van der Waals surface area contributed by atoms with Crippen molar-refractivity contribution in [1.29, 1.82) is 0 Å². The summed E-state index contributed by atoms with van der Waals surface area (Å²) in [5.41, 5.74) is -1.72. The lowest BCUT2D eigenvalue weighted by molar-refractivity contribution is -0.384. The van der Waals surface area contributed by atoms with Crippen LogP contribution < -0.4 is 9.80 Å². The van der Waals surface area contributed by atoms with E-state index in [1.54, 1.807) is 6.92 Å². The zero-order chi connectivity index (χ0) is 21.3. The summed E-state index contributed by atoms with van der Waals surface area (Å²) in [6.07, 6.45) is 0.691. The molecular formula is C18H22F2N4O5. The predicted molar refractivity (Wildman–Crippen MR) is 100 cm³/mol. The van der Waals surface area contributed by atoms with Crippen LogP contribution in [0.25, 0.3) is 0 Å². The van der Waals surface area contributed by atoms with Crippen molar-refractivity contribution >= 4 is 29.1 Å². The Kier molecular flexibility index (Phi) is 5.85. The number of amides is 2. The summed E-state index contributed by atoms with van der Waals surface area (Å²) >= 11 is 0. The van der Waals surface area contributed by atoms with Crippen molar-refractivity contribution in [3.05, 3.63) is 27.8 Å². The number of nitrogens with zero attached hydrogens (tertiary/aromatic N) is 4. The van der Waals surface area contributed by atoms with Crippen molar-refractivity contribution in [1.82, 2.24) is 4.90 Å². The first kappa shape index (κ1) is 20.7. The van der Waals surface area contributed by atoms with E-state index in [0.29, 0.717) is 18.9 Å². The van der Waals surface area contributed by atoms with Crippen molar-refractivity contribution in [2.24, 2.45) is 0 Å². The fraction of sp³-hybridized carbons (Fsp3) is 0.556. The first-order chi connectivity index (χ1) is 13.8. The van der Waals surface area contributed by atoms with E-state index in [4.69, 9.17) is 4.74 Å². The first-order valence-corrected chi connectivity index (χ1v) is 9.39. The Morgan fingerprint density at radius 2 is 1.90 bits per heavy atom. The maximum atomic E-state index is 15.4. The second-order valence-electron chi connectivity index (χ2n) is 6.94. The van der Waals surface area contributed by atoms with E-state index in [1.165, 1.54) is 16.7 Å². The van der Waals surface area contributed by atoms with Crippen molar-refractivity contribution < 1.29 is 28.0 Å². The number of halogens is 2. The number of carbonyl (C=O) groups is 2. The molecule has 0 bridgehead atoms. The summed E-state index contributed by atoms with van der Waals surface area (Å²) in [5.74, 6) is -2.76. The predicted octanol–water partition coefficient (Wildman–Crippen LogP) is 2.67.